The Morgan fingerprint density at radius 2 is 2.20 bits per heavy atom. The summed E-state index contributed by atoms with van der Waals surface area (Å²) in [6, 6.07) is 8.23. The Morgan fingerprint density at radius 1 is 1.40 bits per heavy atom. The highest BCUT2D eigenvalue weighted by Crippen LogP contribution is 2.21. The molecule has 0 saturated heterocycles. The van der Waals surface area contributed by atoms with E-state index in [1.54, 1.807) is 7.11 Å². The maximum atomic E-state index is 5.16. The van der Waals surface area contributed by atoms with E-state index in [1.807, 2.05) is 31.3 Å². The van der Waals surface area contributed by atoms with E-state index in [-0.39, 0.29) is 0 Å². The van der Waals surface area contributed by atoms with Gasteiger partial charge in [0.15, 0.2) is 0 Å². The second kappa shape index (κ2) is 6.91. The van der Waals surface area contributed by atoms with Crippen molar-refractivity contribution < 1.29 is 4.74 Å². The van der Waals surface area contributed by atoms with Crippen molar-refractivity contribution in [1.82, 2.24) is 9.55 Å². The zero-order valence-corrected chi connectivity index (χ0v) is 12.1. The molecule has 0 aliphatic rings. The molecule has 4 heteroatoms. The highest BCUT2D eigenvalue weighted by atomic mass is 16.5. The minimum Gasteiger partial charge on any atom is -0.384 e. The maximum Gasteiger partial charge on any atom is 0.207 e. The van der Waals surface area contributed by atoms with Gasteiger partial charge >= 0.3 is 0 Å². The van der Waals surface area contributed by atoms with Crippen molar-refractivity contribution in [1.29, 1.82) is 0 Å². The Labute approximate surface area is 120 Å². The van der Waals surface area contributed by atoms with Gasteiger partial charge in [-0.1, -0.05) is 24.3 Å². The minimum absolute atomic E-state index is 0.707. The van der Waals surface area contributed by atoms with Gasteiger partial charge in [-0.3, -0.25) is 0 Å². The molecule has 4 nitrogen and oxygen atoms in total. The zero-order valence-electron chi connectivity index (χ0n) is 12.1. The largest absolute Gasteiger partial charge is 0.384 e. The summed E-state index contributed by atoms with van der Waals surface area (Å²) in [6.07, 6.45) is 4.76. The third kappa shape index (κ3) is 3.48. The number of aryl methyl sites for hydroxylation is 1. The molecular weight excluding hydrogens is 250 g/mol. The van der Waals surface area contributed by atoms with Crippen LogP contribution in [0, 0.1) is 6.92 Å². The second-order valence-corrected chi connectivity index (χ2v) is 4.67. The summed E-state index contributed by atoms with van der Waals surface area (Å²) < 4.78 is 7.21. The van der Waals surface area contributed by atoms with Crippen LogP contribution in [-0.2, 0) is 17.7 Å². The summed E-state index contributed by atoms with van der Waals surface area (Å²) in [5.74, 6) is 0.840. The third-order valence-corrected chi connectivity index (χ3v) is 3.06. The fraction of sp³-hybridized carbons (Fsp3) is 0.312. The Bertz CT molecular complexity index is 575. The van der Waals surface area contributed by atoms with E-state index in [9.17, 15) is 0 Å². The number of anilines is 2. The van der Waals surface area contributed by atoms with E-state index in [2.05, 4.69) is 33.6 Å². The van der Waals surface area contributed by atoms with Crippen LogP contribution in [0.25, 0.3) is 0 Å². The molecule has 0 bridgehead atoms. The number of rotatable bonds is 7. The Hall–Kier alpha value is -2.07. The van der Waals surface area contributed by atoms with Gasteiger partial charge in [-0.05, 0) is 25.0 Å². The number of methoxy groups -OCH3 is 1. The van der Waals surface area contributed by atoms with Crippen molar-refractivity contribution in [2.24, 2.45) is 0 Å². The molecule has 0 fully saturated rings. The fourth-order valence-corrected chi connectivity index (χ4v) is 2.12. The zero-order chi connectivity index (χ0) is 14.4. The number of para-hydroxylation sites is 1. The van der Waals surface area contributed by atoms with E-state index in [1.165, 1.54) is 5.56 Å². The number of aromatic nitrogens is 2. The number of ether oxygens (including phenoxy) is 1. The van der Waals surface area contributed by atoms with E-state index in [0.717, 1.165) is 30.3 Å². The molecule has 1 aromatic carbocycles. The lowest BCUT2D eigenvalue weighted by atomic mass is 10.1. The van der Waals surface area contributed by atoms with E-state index in [4.69, 9.17) is 4.74 Å². The predicted octanol–water partition coefficient (Wildman–Crippen LogP) is 3.31. The lowest BCUT2D eigenvalue weighted by Gasteiger charge is -2.12. The van der Waals surface area contributed by atoms with Crippen LogP contribution < -0.4 is 5.32 Å². The van der Waals surface area contributed by atoms with E-state index in [0.29, 0.717) is 6.61 Å². The first-order valence-electron chi connectivity index (χ1n) is 6.73. The van der Waals surface area contributed by atoms with Crippen molar-refractivity contribution in [2.45, 2.75) is 19.9 Å². The topological polar surface area (TPSA) is 39.1 Å². The lowest BCUT2D eigenvalue weighted by Crippen LogP contribution is -2.05. The average Bonchev–Trinajstić information content (AvgIpc) is 2.78. The number of allylic oxidation sites excluding steroid dienone is 1. The molecule has 0 aliphatic heterocycles. The summed E-state index contributed by atoms with van der Waals surface area (Å²) in [5.41, 5.74) is 3.28. The van der Waals surface area contributed by atoms with Gasteiger partial charge in [0.05, 0.1) is 12.3 Å². The highest BCUT2D eigenvalue weighted by molar-refractivity contribution is 5.59. The number of benzene rings is 1. The average molecular weight is 271 g/mol. The predicted molar refractivity (Wildman–Crippen MR) is 82.5 cm³/mol. The number of imidazole rings is 1. The minimum atomic E-state index is 0.707. The van der Waals surface area contributed by atoms with Crippen LogP contribution >= 0.6 is 0 Å². The van der Waals surface area contributed by atoms with Crippen molar-refractivity contribution in [2.75, 3.05) is 19.0 Å². The molecule has 0 saturated carbocycles. The Kier molecular flexibility index (Phi) is 4.96. The van der Waals surface area contributed by atoms with Gasteiger partial charge in [0, 0.05) is 25.5 Å². The second-order valence-electron chi connectivity index (χ2n) is 4.67. The van der Waals surface area contributed by atoms with Crippen LogP contribution in [0.4, 0.5) is 11.6 Å². The van der Waals surface area contributed by atoms with Crippen LogP contribution in [0.3, 0.4) is 0 Å². The molecule has 0 radical (unpaired) electrons. The van der Waals surface area contributed by atoms with Gasteiger partial charge in [0.2, 0.25) is 5.95 Å². The Morgan fingerprint density at radius 3 is 2.95 bits per heavy atom. The monoisotopic (exact) mass is 271 g/mol. The van der Waals surface area contributed by atoms with Crippen LogP contribution in [-0.4, -0.2) is 23.3 Å². The smallest absolute Gasteiger partial charge is 0.207 e. The van der Waals surface area contributed by atoms with Crippen molar-refractivity contribution in [3.05, 3.63) is 54.4 Å². The standard InChI is InChI=1S/C16H21N3O/c1-4-10-19-12-13(2)17-16(19)18-15-8-6-5-7-14(15)9-11-20-3/h4-8,12H,1,9-11H2,2-3H3,(H,17,18). The summed E-state index contributed by atoms with van der Waals surface area (Å²) in [7, 11) is 1.72. The maximum absolute atomic E-state index is 5.16. The van der Waals surface area contributed by atoms with E-state index >= 15 is 0 Å². The van der Waals surface area contributed by atoms with Crippen molar-refractivity contribution in [3.8, 4) is 0 Å². The normalized spacial score (nSPS) is 10.5. The van der Waals surface area contributed by atoms with Gasteiger partial charge < -0.3 is 14.6 Å². The SMILES string of the molecule is C=CCn1cc(C)nc1Nc1ccccc1CCOC. The first-order valence-corrected chi connectivity index (χ1v) is 6.73. The molecule has 2 aromatic rings. The van der Waals surface area contributed by atoms with Crippen LogP contribution in [0.2, 0.25) is 0 Å². The van der Waals surface area contributed by atoms with Crippen molar-refractivity contribution in [3.63, 3.8) is 0 Å². The molecule has 0 aliphatic carbocycles. The third-order valence-electron chi connectivity index (χ3n) is 3.06. The molecule has 1 aromatic heterocycles. The number of nitrogens with zero attached hydrogens (tertiary/aromatic N) is 2. The van der Waals surface area contributed by atoms with Gasteiger partial charge in [-0.25, -0.2) is 4.98 Å². The number of hydrogen-bond donors (Lipinski definition) is 1. The van der Waals surface area contributed by atoms with Crippen LogP contribution in [0.15, 0.2) is 43.1 Å². The molecule has 0 amide bonds. The Balaban J connectivity index is 2.23. The van der Waals surface area contributed by atoms with Gasteiger partial charge in [-0.2, -0.15) is 0 Å². The summed E-state index contributed by atoms with van der Waals surface area (Å²) in [5, 5.41) is 3.40. The van der Waals surface area contributed by atoms with Gasteiger partial charge in [-0.15, -0.1) is 6.58 Å². The molecular formula is C16H21N3O. The molecule has 106 valence electrons. The molecule has 0 unspecified atom stereocenters. The summed E-state index contributed by atoms with van der Waals surface area (Å²) >= 11 is 0. The molecule has 2 rings (SSSR count). The fourth-order valence-electron chi connectivity index (χ4n) is 2.12. The summed E-state index contributed by atoms with van der Waals surface area (Å²) in [4.78, 5) is 4.52. The first-order chi connectivity index (χ1) is 9.74. The molecule has 1 N–H and O–H groups in total. The molecule has 1 heterocycles. The van der Waals surface area contributed by atoms with E-state index < -0.39 is 0 Å². The molecule has 0 atom stereocenters. The number of hydrogen-bond acceptors (Lipinski definition) is 3. The van der Waals surface area contributed by atoms with Crippen LogP contribution in [0.1, 0.15) is 11.3 Å². The van der Waals surface area contributed by atoms with Gasteiger partial charge in [0.25, 0.3) is 0 Å². The summed E-state index contributed by atoms with van der Waals surface area (Å²) in [6.45, 7) is 7.21. The molecule has 20 heavy (non-hydrogen) atoms. The quantitative estimate of drug-likeness (QED) is 0.785. The van der Waals surface area contributed by atoms with Crippen molar-refractivity contribution >= 4 is 11.6 Å². The highest BCUT2D eigenvalue weighted by Gasteiger charge is 2.07. The first kappa shape index (κ1) is 14.3. The lowest BCUT2D eigenvalue weighted by molar-refractivity contribution is 0.202. The number of nitrogens with one attached hydrogen (secondary N) is 1. The van der Waals surface area contributed by atoms with Gasteiger partial charge in [0.1, 0.15) is 0 Å². The molecule has 0 spiro atoms. The van der Waals surface area contributed by atoms with Crippen LogP contribution in [0.5, 0.6) is 0 Å².